The summed E-state index contributed by atoms with van der Waals surface area (Å²) < 4.78 is 13.6. The molecular weight excluding hydrogens is 231 g/mol. The summed E-state index contributed by atoms with van der Waals surface area (Å²) in [6.07, 6.45) is 1.92. The van der Waals surface area contributed by atoms with Crippen LogP contribution in [0.15, 0.2) is 53.4 Å². The molecule has 0 amide bonds. The molecule has 84 valence electrons. The Hall–Kier alpha value is -1.72. The van der Waals surface area contributed by atoms with Crippen LogP contribution in [0.1, 0.15) is 11.1 Å². The molecule has 0 unspecified atom stereocenters. The van der Waals surface area contributed by atoms with Gasteiger partial charge in [0.2, 0.25) is 0 Å². The van der Waals surface area contributed by atoms with Gasteiger partial charge < -0.3 is 0 Å². The molecule has 0 aromatic heterocycles. The molecule has 0 bridgehead atoms. The van der Waals surface area contributed by atoms with Gasteiger partial charge in [-0.25, -0.2) is 4.39 Å². The summed E-state index contributed by atoms with van der Waals surface area (Å²) in [5.41, 5.74) is 1.33. The molecule has 0 fully saturated rings. The second-order valence-corrected chi connectivity index (χ2v) is 4.34. The largest absolute Gasteiger partial charge is 0.206 e. The van der Waals surface area contributed by atoms with Crippen LogP contribution in [0.25, 0.3) is 0 Å². The van der Waals surface area contributed by atoms with E-state index in [1.807, 2.05) is 42.7 Å². The Kier molecular flexibility index (Phi) is 3.85. The van der Waals surface area contributed by atoms with Crippen molar-refractivity contribution < 1.29 is 4.39 Å². The zero-order valence-corrected chi connectivity index (χ0v) is 10.2. The van der Waals surface area contributed by atoms with Crippen molar-refractivity contribution in [2.75, 3.05) is 6.26 Å². The second kappa shape index (κ2) is 5.56. The van der Waals surface area contributed by atoms with Crippen molar-refractivity contribution in [3.63, 3.8) is 0 Å². The van der Waals surface area contributed by atoms with Gasteiger partial charge in [-0.2, -0.15) is 0 Å². The van der Waals surface area contributed by atoms with Gasteiger partial charge in [0, 0.05) is 10.5 Å². The molecule has 0 aliphatic rings. The van der Waals surface area contributed by atoms with Gasteiger partial charge in [-0.15, -0.1) is 11.8 Å². The standard InChI is InChI=1S/C15H11FS/c1-17-14-10-9-13(15(16)11-14)8-7-12-5-3-2-4-6-12/h2-6,9-11H,1H3. The lowest BCUT2D eigenvalue weighted by atomic mass is 10.2. The molecule has 0 spiro atoms. The van der Waals surface area contributed by atoms with E-state index in [2.05, 4.69) is 11.8 Å². The fourth-order valence-corrected chi connectivity index (χ4v) is 1.81. The summed E-state index contributed by atoms with van der Waals surface area (Å²) in [5.74, 6) is 5.53. The van der Waals surface area contributed by atoms with E-state index < -0.39 is 0 Å². The van der Waals surface area contributed by atoms with Gasteiger partial charge in [-0.3, -0.25) is 0 Å². The minimum Gasteiger partial charge on any atom is -0.206 e. The molecule has 2 heteroatoms. The molecular formula is C15H11FS. The highest BCUT2D eigenvalue weighted by Crippen LogP contribution is 2.17. The van der Waals surface area contributed by atoms with E-state index in [1.165, 1.54) is 17.8 Å². The van der Waals surface area contributed by atoms with Crippen LogP contribution in [0.5, 0.6) is 0 Å². The Labute approximate surface area is 105 Å². The van der Waals surface area contributed by atoms with Gasteiger partial charge in [-0.05, 0) is 36.6 Å². The van der Waals surface area contributed by atoms with Crippen LogP contribution in [-0.4, -0.2) is 6.26 Å². The summed E-state index contributed by atoms with van der Waals surface area (Å²) in [6.45, 7) is 0. The topological polar surface area (TPSA) is 0 Å². The molecule has 2 rings (SSSR count). The highest BCUT2D eigenvalue weighted by atomic mass is 32.2. The lowest BCUT2D eigenvalue weighted by Crippen LogP contribution is -1.84. The van der Waals surface area contributed by atoms with E-state index in [0.29, 0.717) is 5.56 Å². The monoisotopic (exact) mass is 242 g/mol. The first-order chi connectivity index (χ1) is 8.29. The molecule has 2 aromatic carbocycles. The van der Waals surface area contributed by atoms with Gasteiger partial charge in [0.05, 0.1) is 5.56 Å². The van der Waals surface area contributed by atoms with Crippen molar-refractivity contribution in [1.29, 1.82) is 0 Å². The van der Waals surface area contributed by atoms with E-state index in [4.69, 9.17) is 0 Å². The van der Waals surface area contributed by atoms with Crippen LogP contribution < -0.4 is 0 Å². The highest BCUT2D eigenvalue weighted by molar-refractivity contribution is 7.98. The molecule has 17 heavy (non-hydrogen) atoms. The van der Waals surface area contributed by atoms with Crippen LogP contribution in [0.4, 0.5) is 4.39 Å². The highest BCUT2D eigenvalue weighted by Gasteiger charge is 1.99. The molecule has 0 aliphatic carbocycles. The molecule has 0 aliphatic heterocycles. The zero-order valence-electron chi connectivity index (χ0n) is 9.41. The molecule has 2 aromatic rings. The van der Waals surface area contributed by atoms with Crippen molar-refractivity contribution in [3.05, 3.63) is 65.5 Å². The third-order valence-corrected chi connectivity index (χ3v) is 3.02. The Morgan fingerprint density at radius 3 is 2.41 bits per heavy atom. The number of hydrogen-bond donors (Lipinski definition) is 0. The predicted octanol–water partition coefficient (Wildman–Crippen LogP) is 3.95. The van der Waals surface area contributed by atoms with Crippen molar-refractivity contribution in [1.82, 2.24) is 0 Å². The Balaban J connectivity index is 2.28. The third kappa shape index (κ3) is 3.12. The maximum Gasteiger partial charge on any atom is 0.139 e. The second-order valence-electron chi connectivity index (χ2n) is 3.46. The summed E-state index contributed by atoms with van der Waals surface area (Å²) in [7, 11) is 0. The normalized spacial score (nSPS) is 9.53. The first-order valence-corrected chi connectivity index (χ1v) is 6.42. The fourth-order valence-electron chi connectivity index (χ4n) is 1.39. The minimum absolute atomic E-state index is 0.264. The Morgan fingerprint density at radius 1 is 1.00 bits per heavy atom. The lowest BCUT2D eigenvalue weighted by Gasteiger charge is -1.98. The summed E-state index contributed by atoms with van der Waals surface area (Å²) in [6, 6.07) is 14.7. The molecule has 0 saturated heterocycles. The maximum absolute atomic E-state index is 13.6. The molecule has 0 nitrogen and oxygen atoms in total. The van der Waals surface area contributed by atoms with E-state index >= 15 is 0 Å². The van der Waals surface area contributed by atoms with Crippen molar-refractivity contribution in [3.8, 4) is 11.8 Å². The number of benzene rings is 2. The maximum atomic E-state index is 13.6. The zero-order chi connectivity index (χ0) is 12.1. The smallest absolute Gasteiger partial charge is 0.139 e. The number of thioether (sulfide) groups is 1. The summed E-state index contributed by atoms with van der Waals surface area (Å²) >= 11 is 1.52. The van der Waals surface area contributed by atoms with Crippen LogP contribution in [0.3, 0.4) is 0 Å². The van der Waals surface area contributed by atoms with Crippen LogP contribution >= 0.6 is 11.8 Å². The van der Waals surface area contributed by atoms with Crippen LogP contribution in [-0.2, 0) is 0 Å². The lowest BCUT2D eigenvalue weighted by molar-refractivity contribution is 0.621. The molecule has 0 radical (unpaired) electrons. The van der Waals surface area contributed by atoms with Gasteiger partial charge >= 0.3 is 0 Å². The first-order valence-electron chi connectivity index (χ1n) is 5.20. The van der Waals surface area contributed by atoms with E-state index in [1.54, 1.807) is 6.07 Å². The SMILES string of the molecule is CSc1ccc(C#Cc2ccccc2)c(F)c1. The first kappa shape index (κ1) is 11.8. The van der Waals surface area contributed by atoms with Gasteiger partial charge in [-0.1, -0.05) is 30.0 Å². The molecule has 0 heterocycles. The predicted molar refractivity (Wildman–Crippen MR) is 70.6 cm³/mol. The van der Waals surface area contributed by atoms with Crippen LogP contribution in [0.2, 0.25) is 0 Å². The number of rotatable bonds is 1. The van der Waals surface area contributed by atoms with E-state index in [0.717, 1.165) is 10.5 Å². The number of hydrogen-bond acceptors (Lipinski definition) is 1. The molecule has 0 atom stereocenters. The fraction of sp³-hybridized carbons (Fsp3) is 0.0667. The minimum atomic E-state index is -0.264. The average molecular weight is 242 g/mol. The molecule has 0 N–H and O–H groups in total. The van der Waals surface area contributed by atoms with Gasteiger partial charge in [0.25, 0.3) is 0 Å². The quantitative estimate of drug-likeness (QED) is 0.539. The van der Waals surface area contributed by atoms with Gasteiger partial charge in [0.15, 0.2) is 0 Å². The van der Waals surface area contributed by atoms with Crippen LogP contribution in [0, 0.1) is 17.7 Å². The third-order valence-electron chi connectivity index (χ3n) is 2.29. The van der Waals surface area contributed by atoms with Crippen molar-refractivity contribution in [2.45, 2.75) is 4.90 Å². The summed E-state index contributed by atoms with van der Waals surface area (Å²) in [4.78, 5) is 0.910. The Bertz CT molecular complexity index is 564. The number of halogens is 1. The van der Waals surface area contributed by atoms with E-state index in [-0.39, 0.29) is 5.82 Å². The molecule has 0 saturated carbocycles. The van der Waals surface area contributed by atoms with Crippen molar-refractivity contribution >= 4 is 11.8 Å². The Morgan fingerprint density at radius 2 is 1.76 bits per heavy atom. The van der Waals surface area contributed by atoms with Gasteiger partial charge in [0.1, 0.15) is 5.82 Å². The van der Waals surface area contributed by atoms with Crippen molar-refractivity contribution in [2.24, 2.45) is 0 Å². The summed E-state index contributed by atoms with van der Waals surface area (Å²) in [5, 5.41) is 0. The van der Waals surface area contributed by atoms with E-state index in [9.17, 15) is 4.39 Å². The average Bonchev–Trinajstić information content (AvgIpc) is 2.38.